The molecule has 0 saturated carbocycles. The van der Waals surface area contributed by atoms with Crippen molar-refractivity contribution < 1.29 is 0 Å². The molecule has 672 valence electrons. The monoisotopic (exact) mass is 1950 g/mol. The lowest BCUT2D eigenvalue weighted by molar-refractivity contribution is 1.26. The Hall–Kier alpha value is -17.9. The van der Waals surface area contributed by atoms with Gasteiger partial charge in [0, 0.05) is 330 Å². The molecule has 36 aromatic rings. The fraction of sp³-hybridized carbons (Fsp3) is 0. The van der Waals surface area contributed by atoms with E-state index in [4.69, 9.17) is 0 Å². The highest BCUT2D eigenvalue weighted by Crippen LogP contribution is 2.49. The Morgan fingerprint density at radius 1 is 0.153 bits per heavy atom. The average molecular weight is 1950 g/mol. The fourth-order valence-electron chi connectivity index (χ4n) is 22.3. The maximum Gasteiger partial charge on any atom is 0.146 e. The average Bonchev–Trinajstić information content (AvgIpc) is 1.50. The predicted molar refractivity (Wildman–Crippen MR) is 605 cm³/mol. The van der Waals surface area contributed by atoms with Crippen LogP contribution in [0.3, 0.4) is 0 Å². The number of rotatable bonds is 0. The highest BCUT2D eigenvalue weighted by atomic mass is 32.1. The molecule has 0 fully saturated rings. The van der Waals surface area contributed by atoms with Crippen LogP contribution in [0.15, 0.2) is 404 Å². The molecule has 144 heavy (non-hydrogen) atoms. The number of thiophene rings is 6. The topological polar surface area (TPSA) is 181 Å². The third-order valence-electron chi connectivity index (χ3n) is 28.5. The van der Waals surface area contributed by atoms with E-state index < -0.39 is 0 Å². The molecule has 12 aromatic carbocycles. The van der Waals surface area contributed by atoms with Crippen molar-refractivity contribution in [3.63, 3.8) is 0 Å². The first kappa shape index (κ1) is 81.0. The van der Waals surface area contributed by atoms with E-state index in [-0.39, 0.29) is 0 Å². The summed E-state index contributed by atoms with van der Waals surface area (Å²) < 4.78 is 29.0. The third-order valence-corrected chi connectivity index (χ3v) is 35.4. The number of aromatic nitrogens is 18. The van der Waals surface area contributed by atoms with Crippen LogP contribution in [0.1, 0.15) is 0 Å². The molecule has 0 unspecified atom stereocenters. The number of nitrogens with zero attached hydrogens (tertiary/aromatic N) is 18. The Kier molecular flexibility index (Phi) is 17.9. The first-order valence-corrected chi connectivity index (χ1v) is 52.0. The van der Waals surface area contributed by atoms with Gasteiger partial charge in [-0.25, -0.2) is 29.9 Å². The molecular formula is C120H66N18S6. The first-order valence-electron chi connectivity index (χ1n) is 47.1. The molecule has 36 rings (SSSR count). The highest BCUT2D eigenvalue weighted by Gasteiger charge is 2.24. The molecule has 0 aliphatic carbocycles. The maximum absolute atomic E-state index is 4.59. The zero-order chi connectivity index (χ0) is 94.0. The second-order valence-corrected chi connectivity index (χ2v) is 42.4. The molecule has 24 heteroatoms. The van der Waals surface area contributed by atoms with Gasteiger partial charge in [0.25, 0.3) is 0 Å². The molecule has 0 saturated heterocycles. The number of pyridine rings is 12. The second-order valence-electron chi connectivity index (χ2n) is 35.9. The van der Waals surface area contributed by atoms with E-state index in [9.17, 15) is 0 Å². The van der Waals surface area contributed by atoms with Crippen molar-refractivity contribution in [1.82, 2.24) is 86.2 Å². The Labute approximate surface area is 835 Å². The summed E-state index contributed by atoms with van der Waals surface area (Å²) in [6.07, 6.45) is 46.0. The number of hydrogen-bond acceptors (Lipinski definition) is 18. The summed E-state index contributed by atoms with van der Waals surface area (Å²) in [6, 6.07) is 91.4. The van der Waals surface area contributed by atoms with E-state index in [0.717, 1.165) is 66.2 Å². The summed E-state index contributed by atoms with van der Waals surface area (Å²) in [5.41, 5.74) is 13.0. The Bertz CT molecular complexity index is 11700. The van der Waals surface area contributed by atoms with Crippen molar-refractivity contribution in [2.75, 3.05) is 0 Å². The molecule has 0 atom stereocenters. The SMILES string of the molecule is c1ccc2c(c1)sc1c2ccc2c1c1ccncc1c1nccn21.c1ccc2c(c1)sc1c2ccc2c3ccncc3c3nccn3c21.c1ccc2c(c1)sc1cc3c(cc12)c1ccncc1c1nccn31.c1ccc2c(c1)sc1cc3c4ccncc4c4nccn4c3cc12.c1ccc2c(c1)sc1ccc3c(c4ccncc4c4nccn34)c12.c1ccc2c(c1)sc1ccc3c4ccncc4c4nccn4c3c12. The summed E-state index contributed by atoms with van der Waals surface area (Å²) in [5, 5.41) is 37.2. The summed E-state index contributed by atoms with van der Waals surface area (Å²) in [6.45, 7) is 0. The van der Waals surface area contributed by atoms with Crippen LogP contribution < -0.4 is 0 Å². The van der Waals surface area contributed by atoms with Crippen molar-refractivity contribution in [3.05, 3.63) is 404 Å². The minimum atomic E-state index is 0.962. The quantitative estimate of drug-likeness (QED) is 0.131. The minimum Gasteiger partial charge on any atom is -0.299 e. The highest BCUT2D eigenvalue weighted by molar-refractivity contribution is 7.28. The molecule has 18 nitrogen and oxygen atoms in total. The van der Waals surface area contributed by atoms with Crippen LogP contribution in [-0.2, 0) is 0 Å². The van der Waals surface area contributed by atoms with Crippen LogP contribution >= 0.6 is 68.0 Å². The molecular weight excluding hydrogens is 1890 g/mol. The molecule has 0 N–H and O–H groups in total. The summed E-state index contributed by atoms with van der Waals surface area (Å²) in [5.74, 6) is 0. The van der Waals surface area contributed by atoms with Gasteiger partial charge in [-0.15, -0.1) is 68.0 Å². The van der Waals surface area contributed by atoms with Gasteiger partial charge >= 0.3 is 0 Å². The first-order chi connectivity index (χ1) is 71.5. The van der Waals surface area contributed by atoms with Gasteiger partial charge in [-0.2, -0.15) is 0 Å². The van der Waals surface area contributed by atoms with Gasteiger partial charge in [0.2, 0.25) is 0 Å². The smallest absolute Gasteiger partial charge is 0.146 e. The summed E-state index contributed by atoms with van der Waals surface area (Å²) in [7, 11) is 0. The number of hydrogen-bond donors (Lipinski definition) is 0. The van der Waals surface area contributed by atoms with E-state index >= 15 is 0 Å². The largest absolute Gasteiger partial charge is 0.299 e. The molecule has 0 aliphatic rings. The molecule has 0 spiro atoms. The minimum absolute atomic E-state index is 0.962. The van der Waals surface area contributed by atoms with Gasteiger partial charge in [-0.05, 0) is 154 Å². The molecule has 24 heterocycles. The van der Waals surface area contributed by atoms with Crippen molar-refractivity contribution in [2.45, 2.75) is 0 Å². The van der Waals surface area contributed by atoms with Crippen LogP contribution in [0.5, 0.6) is 0 Å². The van der Waals surface area contributed by atoms with Crippen LogP contribution in [0.4, 0.5) is 0 Å². The van der Waals surface area contributed by atoms with Crippen molar-refractivity contribution in [1.29, 1.82) is 0 Å². The molecule has 0 amide bonds. The van der Waals surface area contributed by atoms with Crippen LogP contribution in [0.25, 0.3) is 285 Å². The van der Waals surface area contributed by atoms with E-state index in [1.165, 1.54) is 219 Å². The number of fused-ring (bicyclic) bond motifs is 58. The molecule has 0 aliphatic heterocycles. The lowest BCUT2D eigenvalue weighted by Crippen LogP contribution is -1.91. The van der Waals surface area contributed by atoms with E-state index in [1.807, 2.05) is 211 Å². The van der Waals surface area contributed by atoms with Gasteiger partial charge in [0.15, 0.2) is 0 Å². The van der Waals surface area contributed by atoms with Crippen LogP contribution in [0.2, 0.25) is 0 Å². The third kappa shape index (κ3) is 12.1. The zero-order valence-corrected chi connectivity index (χ0v) is 80.5. The summed E-state index contributed by atoms with van der Waals surface area (Å²) in [4.78, 5) is 53.2. The van der Waals surface area contributed by atoms with Crippen LogP contribution in [-0.4, -0.2) is 86.2 Å². The molecule has 0 radical (unpaired) electrons. The lowest BCUT2D eigenvalue weighted by atomic mass is 10.0. The zero-order valence-electron chi connectivity index (χ0n) is 75.6. The second kappa shape index (κ2) is 31.8. The lowest BCUT2D eigenvalue weighted by Gasteiger charge is -2.09. The van der Waals surface area contributed by atoms with E-state index in [1.54, 1.807) is 0 Å². The fourth-order valence-corrected chi connectivity index (χ4v) is 29.3. The van der Waals surface area contributed by atoms with Gasteiger partial charge in [-0.3, -0.25) is 56.3 Å². The Morgan fingerprint density at radius 2 is 0.458 bits per heavy atom. The van der Waals surface area contributed by atoms with Gasteiger partial charge in [0.1, 0.15) is 33.9 Å². The van der Waals surface area contributed by atoms with E-state index in [0.29, 0.717) is 0 Å². The van der Waals surface area contributed by atoms with Gasteiger partial charge < -0.3 is 0 Å². The Morgan fingerprint density at radius 3 is 0.965 bits per heavy atom. The summed E-state index contributed by atoms with van der Waals surface area (Å²) >= 11 is 11.1. The molecule has 24 aromatic heterocycles. The van der Waals surface area contributed by atoms with Crippen LogP contribution in [0, 0.1) is 0 Å². The van der Waals surface area contributed by atoms with Gasteiger partial charge in [0.05, 0.1) is 37.8 Å². The predicted octanol–water partition coefficient (Wildman–Crippen LogP) is 32.4. The normalized spacial score (nSPS) is 12.2. The van der Waals surface area contributed by atoms with Crippen molar-refractivity contribution in [3.8, 4) is 0 Å². The Balaban J connectivity index is 0.0000000788. The number of imidazole rings is 6. The standard InChI is InChI=1S/6C20H11N3S/c1-2-4-18-13(3-1)15-9-17-14(10-19(15)24-18)12-5-6-21-11-16(12)20-22-7-8-23(17)20;1-2-4-18-13(3-1)15-9-14-12-5-6-21-11-16(12)20-22-7-8-23(20)17(14)10-19(15)24-18;1-2-4-16-14(3-1)18-17(24-16)6-5-13-12-7-8-21-11-15(12)20-22-9-10-23(20)19(13)18;1-2-4-16-13(3-1)19-17(24-16)6-5-15-18(19)12-7-8-21-11-14(12)20-22-9-10-23(15)20;1-2-4-17-13(3-1)15-6-5-14-12-7-8-21-11-16(12)20-22-9-10-23(20)18(14)19(15)24-17;1-2-4-17-12(3-1)14-5-6-16-18(19(14)24-17)13-7-8-21-11-15(13)20-22-9-10-23(16)20/h6*1-11H. The van der Waals surface area contributed by atoms with Crippen molar-refractivity contribution >= 4 is 353 Å². The maximum atomic E-state index is 4.59. The van der Waals surface area contributed by atoms with Crippen molar-refractivity contribution in [2.24, 2.45) is 0 Å². The molecule has 0 bridgehead atoms. The van der Waals surface area contributed by atoms with E-state index in [2.05, 4.69) is 347 Å². The number of benzene rings is 12. The van der Waals surface area contributed by atoms with Gasteiger partial charge in [-0.1, -0.05) is 133 Å².